The molecule has 0 unspecified atom stereocenters. The van der Waals surface area contributed by atoms with E-state index in [0.29, 0.717) is 53.5 Å². The Labute approximate surface area is 201 Å². The predicted molar refractivity (Wildman–Crippen MR) is 132 cm³/mol. The van der Waals surface area contributed by atoms with Crippen molar-refractivity contribution in [3.8, 4) is 11.3 Å². The van der Waals surface area contributed by atoms with Crippen LogP contribution in [0.15, 0.2) is 59.6 Å². The fourth-order valence-corrected chi connectivity index (χ4v) is 4.39. The number of nitrogens with zero attached hydrogens (tertiary/aromatic N) is 3. The van der Waals surface area contributed by atoms with Crippen LogP contribution in [0.2, 0.25) is 0 Å². The summed E-state index contributed by atoms with van der Waals surface area (Å²) in [5, 5.41) is 16.7. The number of aromatic nitrogens is 2. The van der Waals surface area contributed by atoms with Crippen LogP contribution in [0.1, 0.15) is 34.8 Å². The van der Waals surface area contributed by atoms with Gasteiger partial charge in [0.2, 0.25) is 0 Å². The molecule has 1 aromatic carbocycles. The molecular weight excluding hydrogens is 449 g/mol. The molecule has 35 heavy (non-hydrogen) atoms. The number of aryl methyl sites for hydroxylation is 1. The van der Waals surface area contributed by atoms with Gasteiger partial charge in [-0.25, -0.2) is 14.4 Å². The van der Waals surface area contributed by atoms with Crippen LogP contribution in [0.4, 0.5) is 10.1 Å². The van der Waals surface area contributed by atoms with Gasteiger partial charge < -0.3 is 20.5 Å². The van der Waals surface area contributed by atoms with Crippen LogP contribution >= 0.6 is 0 Å². The molecule has 5 rings (SSSR count). The van der Waals surface area contributed by atoms with Crippen molar-refractivity contribution in [2.45, 2.75) is 32.4 Å². The number of anilines is 1. The number of halogens is 1. The second-order valence-electron chi connectivity index (χ2n) is 8.76. The predicted octanol–water partition coefficient (Wildman–Crippen LogP) is 3.74. The van der Waals surface area contributed by atoms with Gasteiger partial charge in [0.25, 0.3) is 5.91 Å². The van der Waals surface area contributed by atoms with E-state index in [4.69, 9.17) is 4.74 Å². The Hall–Kier alpha value is -3.82. The molecule has 180 valence electrons. The first-order valence-electron chi connectivity index (χ1n) is 11.4. The number of pyridine rings is 1. The lowest BCUT2D eigenvalue weighted by atomic mass is 9.95. The van der Waals surface area contributed by atoms with Crippen LogP contribution in [0.5, 0.6) is 0 Å². The summed E-state index contributed by atoms with van der Waals surface area (Å²) in [5.41, 5.74) is 3.49. The Morgan fingerprint density at radius 3 is 3.00 bits per heavy atom. The average molecular weight is 476 g/mol. The first kappa shape index (κ1) is 22.9. The minimum Gasteiger partial charge on any atom is -0.383 e. The second kappa shape index (κ2) is 8.75. The number of ether oxygens (including phenoxy) is 1. The molecule has 3 N–H and O–H groups in total. The maximum Gasteiger partial charge on any atom is 0.254 e. The van der Waals surface area contributed by atoms with Gasteiger partial charge in [0.1, 0.15) is 11.4 Å². The van der Waals surface area contributed by atoms with E-state index in [9.17, 15) is 14.3 Å². The third-order valence-electron chi connectivity index (χ3n) is 6.55. The minimum atomic E-state index is -1.11. The highest BCUT2D eigenvalue weighted by Gasteiger charge is 2.34. The fourth-order valence-electron chi connectivity index (χ4n) is 4.39. The number of aliphatic hydroxyl groups is 1. The Morgan fingerprint density at radius 1 is 1.43 bits per heavy atom. The van der Waals surface area contributed by atoms with Crippen LogP contribution in [0, 0.1) is 12.7 Å². The summed E-state index contributed by atoms with van der Waals surface area (Å²) < 4.78 is 21.5. The van der Waals surface area contributed by atoms with Crippen molar-refractivity contribution < 1.29 is 19.0 Å². The third-order valence-corrected chi connectivity index (χ3v) is 6.55. The number of aliphatic imine (C=N–C) groups is 1. The fraction of sp³-hybridized carbons (Fsp3) is 0.269. The number of nitrogens with one attached hydrogen (secondary N) is 2. The van der Waals surface area contributed by atoms with Crippen molar-refractivity contribution in [3.63, 3.8) is 0 Å². The summed E-state index contributed by atoms with van der Waals surface area (Å²) in [6, 6.07) is 5.39. The van der Waals surface area contributed by atoms with E-state index in [0.717, 1.165) is 11.1 Å². The zero-order valence-electron chi connectivity index (χ0n) is 19.6. The van der Waals surface area contributed by atoms with Gasteiger partial charge in [-0.05, 0) is 48.8 Å². The molecule has 1 fully saturated rings. The molecule has 0 aliphatic carbocycles. The summed E-state index contributed by atoms with van der Waals surface area (Å²) in [6.07, 6.45) is 7.15. The molecule has 2 aliphatic rings. The Balaban J connectivity index is 1.48. The number of amides is 1. The zero-order valence-corrected chi connectivity index (χ0v) is 19.6. The number of carbonyl (C=O) groups is 1. The normalized spacial score (nSPS) is 20.0. The molecule has 0 spiro atoms. The molecule has 0 bridgehead atoms. The van der Waals surface area contributed by atoms with Crippen LogP contribution in [-0.2, 0) is 11.3 Å². The average Bonchev–Trinajstić information content (AvgIpc) is 3.58. The molecule has 1 saturated heterocycles. The van der Waals surface area contributed by atoms with Crippen molar-refractivity contribution in [2.24, 2.45) is 4.99 Å². The molecule has 9 heteroatoms. The van der Waals surface area contributed by atoms with Gasteiger partial charge in [-0.15, -0.1) is 0 Å². The molecule has 1 atom stereocenters. The summed E-state index contributed by atoms with van der Waals surface area (Å²) in [5.74, 6) is -0.0778. The molecule has 3 aromatic rings. The van der Waals surface area contributed by atoms with E-state index in [1.54, 1.807) is 41.9 Å². The van der Waals surface area contributed by atoms with E-state index >= 15 is 0 Å². The molecule has 2 aromatic heterocycles. The number of hydrogen-bond donors (Lipinski definition) is 3. The van der Waals surface area contributed by atoms with Crippen molar-refractivity contribution in [3.05, 3.63) is 77.1 Å². The quantitative estimate of drug-likeness (QED) is 0.472. The van der Waals surface area contributed by atoms with E-state index in [1.807, 2.05) is 13.0 Å². The van der Waals surface area contributed by atoms with Gasteiger partial charge in [-0.3, -0.25) is 9.20 Å². The van der Waals surface area contributed by atoms with Gasteiger partial charge in [0.15, 0.2) is 11.5 Å². The largest absolute Gasteiger partial charge is 0.383 e. The van der Waals surface area contributed by atoms with E-state index in [2.05, 4.69) is 27.2 Å². The molecule has 8 nitrogen and oxygen atoms in total. The first-order chi connectivity index (χ1) is 16.8. The molecular formula is C26H26FN5O3. The van der Waals surface area contributed by atoms with Crippen LogP contribution in [0.25, 0.3) is 16.9 Å². The highest BCUT2D eigenvalue weighted by atomic mass is 19.1. The SMILES string of the molecule is C=C(/C=N\C(=C/C)Nc1ccc(-c2cnc3c(F)c(C)ccn23)c2c1C(=O)NC2)[C@]1(O)CCOC1. The Bertz CT molecular complexity index is 1420. The van der Waals surface area contributed by atoms with Crippen LogP contribution in [-0.4, -0.2) is 45.4 Å². The minimum absolute atomic E-state index is 0.193. The molecule has 2 aliphatic heterocycles. The Kier molecular flexibility index (Phi) is 5.74. The first-order valence-corrected chi connectivity index (χ1v) is 11.4. The number of carbonyl (C=O) groups excluding carboxylic acids is 1. The monoisotopic (exact) mass is 475 g/mol. The maximum absolute atomic E-state index is 14.6. The van der Waals surface area contributed by atoms with Gasteiger partial charge >= 0.3 is 0 Å². The summed E-state index contributed by atoms with van der Waals surface area (Å²) >= 11 is 0. The van der Waals surface area contributed by atoms with Gasteiger partial charge in [0.05, 0.1) is 29.7 Å². The number of fused-ring (bicyclic) bond motifs is 2. The lowest BCUT2D eigenvalue weighted by molar-refractivity contribution is 0.0640. The molecule has 0 saturated carbocycles. The summed E-state index contributed by atoms with van der Waals surface area (Å²) in [7, 11) is 0. The van der Waals surface area contributed by atoms with E-state index < -0.39 is 5.60 Å². The highest BCUT2D eigenvalue weighted by molar-refractivity contribution is 6.05. The lowest BCUT2D eigenvalue weighted by Crippen LogP contribution is -2.31. The van der Waals surface area contributed by atoms with Crippen LogP contribution in [0.3, 0.4) is 0 Å². The molecule has 1 amide bonds. The molecule has 0 radical (unpaired) electrons. The number of allylic oxidation sites excluding steroid dienone is 1. The lowest BCUT2D eigenvalue weighted by Gasteiger charge is -2.20. The maximum atomic E-state index is 14.6. The highest BCUT2D eigenvalue weighted by Crippen LogP contribution is 2.35. The van der Waals surface area contributed by atoms with Gasteiger partial charge in [0, 0.05) is 37.5 Å². The van der Waals surface area contributed by atoms with Crippen molar-refractivity contribution in [2.75, 3.05) is 18.5 Å². The number of benzene rings is 1. The van der Waals surface area contributed by atoms with Crippen molar-refractivity contribution in [1.82, 2.24) is 14.7 Å². The van der Waals surface area contributed by atoms with Gasteiger partial charge in [-0.2, -0.15) is 0 Å². The summed E-state index contributed by atoms with van der Waals surface area (Å²) in [4.78, 5) is 21.5. The standard InChI is InChI=1S/C26H26FN5O3/c1-4-21(28-11-16(3)26(34)8-10-35-14-26)31-19-6-5-17(18-12-30-25(33)22(18)19)20-13-29-24-23(27)15(2)7-9-32(20)24/h4-7,9,11,13,31,34H,3,8,10,12,14H2,1-2H3,(H,30,33)/b21-4+,28-11-/t26-/m0/s1. The van der Waals surface area contributed by atoms with Crippen molar-refractivity contribution in [1.29, 1.82) is 0 Å². The smallest absolute Gasteiger partial charge is 0.254 e. The Morgan fingerprint density at radius 2 is 2.26 bits per heavy atom. The zero-order chi connectivity index (χ0) is 24.7. The summed E-state index contributed by atoms with van der Waals surface area (Å²) in [6.45, 7) is 8.47. The number of rotatable bonds is 6. The topological polar surface area (TPSA) is 100 Å². The van der Waals surface area contributed by atoms with Gasteiger partial charge in [-0.1, -0.05) is 12.6 Å². The number of hydrogen-bond acceptors (Lipinski definition) is 6. The number of imidazole rings is 1. The van der Waals surface area contributed by atoms with Crippen molar-refractivity contribution >= 4 is 23.5 Å². The van der Waals surface area contributed by atoms with E-state index in [-0.39, 0.29) is 24.0 Å². The molecule has 4 heterocycles. The van der Waals surface area contributed by atoms with E-state index in [1.165, 1.54) is 6.21 Å². The third kappa shape index (κ3) is 3.92. The second-order valence-corrected chi connectivity index (χ2v) is 8.76. The van der Waals surface area contributed by atoms with Crippen LogP contribution < -0.4 is 10.6 Å².